The van der Waals surface area contributed by atoms with E-state index in [4.69, 9.17) is 15.2 Å². The maximum absolute atomic E-state index is 14.6. The molecule has 212 valence electrons. The number of benzene rings is 1. The molecule has 1 aromatic rings. The van der Waals surface area contributed by atoms with Crippen LogP contribution in [0.5, 0.6) is 0 Å². The molecule has 0 fully saturated rings. The fraction of sp³-hybridized carbons (Fsp3) is 0.586. The number of allylic oxidation sites excluding steroid dienone is 1. The van der Waals surface area contributed by atoms with Crippen LogP contribution in [0.1, 0.15) is 65.9 Å². The number of amides is 2. The molecule has 38 heavy (non-hydrogen) atoms. The lowest BCUT2D eigenvalue weighted by molar-refractivity contribution is -0.112. The lowest BCUT2D eigenvalue weighted by Gasteiger charge is -2.30. The Morgan fingerprint density at radius 1 is 1.24 bits per heavy atom. The molecule has 2 bridgehead atoms. The highest BCUT2D eigenvalue weighted by Crippen LogP contribution is 2.29. The number of hydrogen-bond acceptors (Lipinski definition) is 5. The molecule has 2 amide bonds. The molecule has 0 saturated carbocycles. The molecule has 0 saturated heterocycles. The summed E-state index contributed by atoms with van der Waals surface area (Å²) < 4.78 is 40.1. The second-order valence-corrected chi connectivity index (χ2v) is 10.5. The van der Waals surface area contributed by atoms with Crippen molar-refractivity contribution >= 4 is 17.7 Å². The van der Waals surface area contributed by atoms with Gasteiger partial charge < -0.3 is 25.6 Å². The Bertz CT molecular complexity index is 1040. The van der Waals surface area contributed by atoms with Gasteiger partial charge in [0.05, 0.1) is 12.2 Å². The van der Waals surface area contributed by atoms with Crippen LogP contribution in [0.3, 0.4) is 0 Å². The Hall–Kier alpha value is -2.78. The maximum atomic E-state index is 14.6. The lowest BCUT2D eigenvalue weighted by Crippen LogP contribution is -2.36. The van der Waals surface area contributed by atoms with Gasteiger partial charge >= 0.3 is 6.09 Å². The van der Waals surface area contributed by atoms with E-state index in [1.54, 1.807) is 13.0 Å². The zero-order chi connectivity index (χ0) is 28.6. The van der Waals surface area contributed by atoms with E-state index in [-0.39, 0.29) is 35.4 Å². The molecule has 1 heterocycles. The van der Waals surface area contributed by atoms with E-state index in [9.17, 15) is 23.5 Å². The lowest BCUT2D eigenvalue weighted by atomic mass is 9.85. The number of halogens is 2. The fourth-order valence-corrected chi connectivity index (χ4v) is 5.08. The predicted molar refractivity (Wildman–Crippen MR) is 143 cm³/mol. The molecule has 0 aromatic heterocycles. The summed E-state index contributed by atoms with van der Waals surface area (Å²) >= 11 is 0. The summed E-state index contributed by atoms with van der Waals surface area (Å²) in [5, 5.41) is 13.9. The van der Waals surface area contributed by atoms with E-state index >= 15 is 0 Å². The molecule has 9 heteroatoms. The summed E-state index contributed by atoms with van der Waals surface area (Å²) in [4.78, 5) is 24.4. The number of aliphatic hydroxyl groups is 1. The van der Waals surface area contributed by atoms with Crippen molar-refractivity contribution < 1.29 is 33.0 Å². The smallest absolute Gasteiger partial charge is 0.405 e. The second kappa shape index (κ2) is 14.4. The number of ether oxygens (including phenoxy) is 2. The molecule has 0 unspecified atom stereocenters. The fourth-order valence-electron chi connectivity index (χ4n) is 5.08. The third kappa shape index (κ3) is 8.63. The zero-order valence-electron chi connectivity index (χ0n) is 23.2. The van der Waals surface area contributed by atoms with Crippen molar-refractivity contribution in [3.63, 3.8) is 0 Å². The molecule has 0 radical (unpaired) electrons. The number of carbonyl (C=O) groups excluding carboxylic acids is 2. The third-order valence-electron chi connectivity index (χ3n) is 7.27. The molecular formula is C29H42F2N2O5. The van der Waals surface area contributed by atoms with E-state index in [1.807, 2.05) is 33.8 Å². The van der Waals surface area contributed by atoms with Crippen molar-refractivity contribution in [1.29, 1.82) is 0 Å². The first-order valence-corrected chi connectivity index (χ1v) is 13.2. The van der Waals surface area contributed by atoms with Gasteiger partial charge in [-0.15, -0.1) is 0 Å². The van der Waals surface area contributed by atoms with Gasteiger partial charge in [0.1, 0.15) is 6.10 Å². The van der Waals surface area contributed by atoms with Crippen molar-refractivity contribution in [3.8, 4) is 0 Å². The standard InChI is InChI=1S/C29H42F2N2O5/c1-7-20-13-19(5)27(38-29(32)36)17(3)9-8-10-18(4)28(35)33-22-14-21(25(31)23(30)15-22)11-16(2)12-24(37-6)26(20)34/h10,13-17,20,24,26-27,34H,7-9,11-12H2,1-6H3,(H2,32,36)(H,33,35)/b18-10+,19-13+/t16-,17+,20+,24+,26-,27-/m1/s1. The second-order valence-electron chi connectivity index (χ2n) is 10.5. The molecule has 1 aliphatic rings. The number of hydrogen-bond donors (Lipinski definition) is 3. The summed E-state index contributed by atoms with van der Waals surface area (Å²) in [6.45, 7) is 9.22. The van der Waals surface area contributed by atoms with Crippen LogP contribution in [0.4, 0.5) is 19.3 Å². The number of primary amides is 1. The molecule has 2 rings (SSSR count). The molecule has 1 aliphatic heterocycles. The Kier molecular flexibility index (Phi) is 11.9. The van der Waals surface area contributed by atoms with Gasteiger partial charge in [0.15, 0.2) is 11.6 Å². The van der Waals surface area contributed by atoms with Gasteiger partial charge in [0, 0.05) is 30.4 Å². The largest absolute Gasteiger partial charge is 0.442 e. The number of anilines is 1. The first kappa shape index (κ1) is 31.4. The quantitative estimate of drug-likeness (QED) is 0.432. The number of rotatable bonds is 3. The van der Waals surface area contributed by atoms with Gasteiger partial charge in [0.25, 0.3) is 5.91 Å². The minimum Gasteiger partial charge on any atom is -0.442 e. The van der Waals surface area contributed by atoms with Gasteiger partial charge in [-0.2, -0.15) is 0 Å². The molecule has 7 nitrogen and oxygen atoms in total. The van der Waals surface area contributed by atoms with Crippen LogP contribution >= 0.6 is 0 Å². The highest BCUT2D eigenvalue weighted by atomic mass is 19.2. The molecule has 0 spiro atoms. The average molecular weight is 537 g/mol. The van der Waals surface area contributed by atoms with E-state index in [0.29, 0.717) is 31.3 Å². The van der Waals surface area contributed by atoms with Gasteiger partial charge in [-0.25, -0.2) is 13.6 Å². The monoisotopic (exact) mass is 536 g/mol. The summed E-state index contributed by atoms with van der Waals surface area (Å²) in [7, 11) is 1.51. The normalized spacial score (nSPS) is 30.9. The topological polar surface area (TPSA) is 111 Å². The number of nitrogens with two attached hydrogens (primary N) is 1. The Balaban J connectivity index is 2.51. The summed E-state index contributed by atoms with van der Waals surface area (Å²) in [6, 6.07) is 2.41. The van der Waals surface area contributed by atoms with Crippen molar-refractivity contribution in [2.24, 2.45) is 23.5 Å². The van der Waals surface area contributed by atoms with Crippen molar-refractivity contribution in [3.05, 3.63) is 52.6 Å². The van der Waals surface area contributed by atoms with Gasteiger partial charge in [-0.05, 0) is 75.0 Å². The highest BCUT2D eigenvalue weighted by molar-refractivity contribution is 6.03. The number of nitrogens with one attached hydrogen (secondary N) is 1. The molecule has 0 aliphatic carbocycles. The van der Waals surface area contributed by atoms with E-state index in [1.165, 1.54) is 13.2 Å². The average Bonchev–Trinajstić information content (AvgIpc) is 2.85. The summed E-state index contributed by atoms with van der Waals surface area (Å²) in [5.41, 5.74) is 6.85. The highest BCUT2D eigenvalue weighted by Gasteiger charge is 2.30. The van der Waals surface area contributed by atoms with E-state index < -0.39 is 41.9 Å². The minimum atomic E-state index is -1.04. The number of carbonyl (C=O) groups is 2. The molecule has 4 N–H and O–H groups in total. The van der Waals surface area contributed by atoms with Crippen molar-refractivity contribution in [2.45, 2.75) is 85.0 Å². The van der Waals surface area contributed by atoms with Crippen LogP contribution in [-0.2, 0) is 20.7 Å². The number of fused-ring (bicyclic) bond motifs is 2. The Morgan fingerprint density at radius 3 is 2.53 bits per heavy atom. The van der Waals surface area contributed by atoms with Crippen LogP contribution in [0.2, 0.25) is 0 Å². The van der Waals surface area contributed by atoms with Gasteiger partial charge in [0.2, 0.25) is 0 Å². The Labute approximate surface area is 224 Å². The van der Waals surface area contributed by atoms with Gasteiger partial charge in [-0.3, -0.25) is 4.79 Å². The third-order valence-corrected chi connectivity index (χ3v) is 7.27. The van der Waals surface area contributed by atoms with Crippen LogP contribution in [-0.4, -0.2) is 42.5 Å². The minimum absolute atomic E-state index is 0.130. The van der Waals surface area contributed by atoms with Crippen LogP contribution < -0.4 is 11.1 Å². The molecule has 1 aromatic carbocycles. The van der Waals surface area contributed by atoms with E-state index in [2.05, 4.69) is 5.32 Å². The maximum Gasteiger partial charge on any atom is 0.405 e. The summed E-state index contributed by atoms with van der Waals surface area (Å²) in [5.74, 6) is -3.03. The van der Waals surface area contributed by atoms with Crippen LogP contribution in [0, 0.1) is 29.4 Å². The first-order valence-electron chi connectivity index (χ1n) is 13.2. The van der Waals surface area contributed by atoms with Crippen LogP contribution in [0.25, 0.3) is 0 Å². The first-order chi connectivity index (χ1) is 17.9. The van der Waals surface area contributed by atoms with Crippen molar-refractivity contribution in [2.75, 3.05) is 12.4 Å². The number of methoxy groups -OCH3 is 1. The predicted octanol–water partition coefficient (Wildman–Crippen LogP) is 5.66. The summed E-state index contributed by atoms with van der Waals surface area (Å²) in [6.07, 6.45) is 2.97. The van der Waals surface area contributed by atoms with E-state index in [0.717, 1.165) is 11.6 Å². The molecular weight excluding hydrogens is 494 g/mol. The van der Waals surface area contributed by atoms with Crippen molar-refractivity contribution in [1.82, 2.24) is 0 Å². The Morgan fingerprint density at radius 2 is 1.92 bits per heavy atom. The number of aliphatic hydroxyl groups excluding tert-OH is 1. The zero-order valence-corrected chi connectivity index (χ0v) is 23.2. The SMILES string of the molecule is CC[C@H]1/C=C(\C)[C@H](OC(N)=O)[C@@H](C)CC/C=C(\C)C(=O)Nc2cc(F)c(F)c(c2)C[C@@H](C)C[C@H](OC)[C@@H]1O. The molecule has 6 atom stereocenters. The van der Waals surface area contributed by atoms with Gasteiger partial charge in [-0.1, -0.05) is 32.9 Å². The van der Waals surface area contributed by atoms with Crippen LogP contribution in [0.15, 0.2) is 35.4 Å².